The van der Waals surface area contributed by atoms with Gasteiger partial charge in [-0.15, -0.1) is 0 Å². The van der Waals surface area contributed by atoms with Crippen molar-refractivity contribution >= 4 is 17.5 Å². The number of rotatable bonds is 3. The first kappa shape index (κ1) is 15.2. The second kappa shape index (κ2) is 6.20. The molecule has 2 aromatic carbocycles. The maximum absolute atomic E-state index is 13.5. The summed E-state index contributed by atoms with van der Waals surface area (Å²) in [6, 6.07) is 12.1. The fourth-order valence-electron chi connectivity index (χ4n) is 2.70. The molecule has 0 aliphatic carbocycles. The number of hydrogen-bond donors (Lipinski definition) is 2. The number of amides is 2. The van der Waals surface area contributed by atoms with Crippen LogP contribution in [-0.4, -0.2) is 11.8 Å². The Morgan fingerprint density at radius 2 is 2.09 bits per heavy atom. The minimum atomic E-state index is -0.518. The molecule has 0 saturated carbocycles. The normalized spacial score (nSPS) is 16.4. The maximum atomic E-state index is 13.5. The van der Waals surface area contributed by atoms with Gasteiger partial charge in [-0.25, -0.2) is 4.39 Å². The first-order valence-corrected chi connectivity index (χ1v) is 7.46. The monoisotopic (exact) mass is 312 g/mol. The minimum Gasteiger partial charge on any atom is -0.351 e. The highest BCUT2D eigenvalue weighted by atomic mass is 19.1. The fraction of sp³-hybridized carbons (Fsp3) is 0.222. The molecule has 4 nitrogen and oxygen atoms in total. The molecule has 0 fully saturated rings. The molecule has 0 radical (unpaired) electrons. The number of halogens is 1. The third-order valence-electron chi connectivity index (χ3n) is 4.02. The number of anilines is 1. The summed E-state index contributed by atoms with van der Waals surface area (Å²) in [5.74, 6) is -1.21. The molecule has 2 N–H and O–H groups in total. The molecule has 1 aliphatic rings. The smallest absolute Gasteiger partial charge is 0.228 e. The van der Waals surface area contributed by atoms with Crippen LogP contribution in [0.4, 0.5) is 10.1 Å². The summed E-state index contributed by atoms with van der Waals surface area (Å²) in [7, 11) is 0. The predicted molar refractivity (Wildman–Crippen MR) is 85.4 cm³/mol. The van der Waals surface area contributed by atoms with E-state index in [2.05, 4.69) is 10.6 Å². The van der Waals surface area contributed by atoms with Crippen molar-refractivity contribution in [3.8, 4) is 0 Å². The van der Waals surface area contributed by atoms with Crippen LogP contribution in [0.2, 0.25) is 0 Å². The van der Waals surface area contributed by atoms with Crippen molar-refractivity contribution in [2.24, 2.45) is 0 Å². The van der Waals surface area contributed by atoms with Crippen molar-refractivity contribution in [2.75, 3.05) is 5.32 Å². The van der Waals surface area contributed by atoms with Gasteiger partial charge < -0.3 is 10.6 Å². The van der Waals surface area contributed by atoms with Gasteiger partial charge in [0.2, 0.25) is 11.8 Å². The van der Waals surface area contributed by atoms with Crippen LogP contribution in [0.3, 0.4) is 0 Å². The summed E-state index contributed by atoms with van der Waals surface area (Å²) in [4.78, 5) is 24.2. The molecular formula is C18H17FN2O2. The summed E-state index contributed by atoms with van der Waals surface area (Å²) in [5.41, 5.74) is 2.73. The van der Waals surface area contributed by atoms with E-state index >= 15 is 0 Å². The van der Waals surface area contributed by atoms with Crippen LogP contribution >= 0.6 is 0 Å². The summed E-state index contributed by atoms with van der Waals surface area (Å²) in [6.07, 6.45) is 0.116. The third kappa shape index (κ3) is 3.23. The van der Waals surface area contributed by atoms with E-state index in [9.17, 15) is 14.0 Å². The largest absolute Gasteiger partial charge is 0.351 e. The summed E-state index contributed by atoms with van der Waals surface area (Å²) in [5, 5.41) is 5.55. The molecule has 2 aromatic rings. The van der Waals surface area contributed by atoms with E-state index < -0.39 is 5.92 Å². The van der Waals surface area contributed by atoms with E-state index in [1.807, 2.05) is 18.2 Å². The highest BCUT2D eigenvalue weighted by Crippen LogP contribution is 2.32. The summed E-state index contributed by atoms with van der Waals surface area (Å²) in [6.45, 7) is 1.92. The first-order chi connectivity index (χ1) is 11.0. The number of hydrogen-bond acceptors (Lipinski definition) is 2. The quantitative estimate of drug-likeness (QED) is 0.915. The first-order valence-electron chi connectivity index (χ1n) is 7.46. The molecule has 0 saturated heterocycles. The Hall–Kier alpha value is -2.69. The maximum Gasteiger partial charge on any atom is 0.228 e. The van der Waals surface area contributed by atoms with Crippen LogP contribution in [0.25, 0.3) is 0 Å². The van der Waals surface area contributed by atoms with Crippen LogP contribution in [0, 0.1) is 12.7 Å². The van der Waals surface area contributed by atoms with Crippen LogP contribution in [0.1, 0.15) is 29.0 Å². The molecule has 2 amide bonds. The molecule has 23 heavy (non-hydrogen) atoms. The number of benzene rings is 2. The molecule has 1 unspecified atom stereocenters. The number of carbonyl (C=O) groups is 2. The Morgan fingerprint density at radius 3 is 2.87 bits per heavy atom. The fourth-order valence-corrected chi connectivity index (χ4v) is 2.70. The second-order valence-corrected chi connectivity index (χ2v) is 5.69. The van der Waals surface area contributed by atoms with E-state index in [1.165, 1.54) is 6.07 Å². The molecule has 118 valence electrons. The Balaban J connectivity index is 1.73. The highest BCUT2D eigenvalue weighted by molar-refractivity contribution is 6.01. The van der Waals surface area contributed by atoms with Crippen LogP contribution in [-0.2, 0) is 16.1 Å². The van der Waals surface area contributed by atoms with Gasteiger partial charge in [0.15, 0.2) is 0 Å². The summed E-state index contributed by atoms with van der Waals surface area (Å²) < 4.78 is 13.5. The van der Waals surface area contributed by atoms with Gasteiger partial charge in [0.25, 0.3) is 0 Å². The molecule has 0 bridgehead atoms. The lowest BCUT2D eigenvalue weighted by Gasteiger charge is -2.24. The predicted octanol–water partition coefficient (Wildman–Crippen LogP) is 2.88. The molecule has 0 aromatic heterocycles. The lowest BCUT2D eigenvalue weighted by atomic mass is 9.90. The van der Waals surface area contributed by atoms with Crippen molar-refractivity contribution in [3.05, 3.63) is 65.0 Å². The zero-order valence-electron chi connectivity index (χ0n) is 12.7. The van der Waals surface area contributed by atoms with Crippen LogP contribution in [0.5, 0.6) is 0 Å². The molecule has 1 heterocycles. The molecule has 5 heteroatoms. The third-order valence-corrected chi connectivity index (χ3v) is 4.02. The van der Waals surface area contributed by atoms with Crippen molar-refractivity contribution < 1.29 is 14.0 Å². The van der Waals surface area contributed by atoms with Gasteiger partial charge in [-0.2, -0.15) is 0 Å². The number of fused-ring (bicyclic) bond motifs is 1. The van der Waals surface area contributed by atoms with Crippen molar-refractivity contribution in [3.63, 3.8) is 0 Å². The minimum absolute atomic E-state index is 0.116. The number of carbonyl (C=O) groups excluding carboxylic acids is 2. The molecular weight excluding hydrogens is 295 g/mol. The van der Waals surface area contributed by atoms with E-state index in [0.717, 1.165) is 5.56 Å². The average molecular weight is 312 g/mol. The van der Waals surface area contributed by atoms with Gasteiger partial charge in [-0.3, -0.25) is 9.59 Å². The van der Waals surface area contributed by atoms with E-state index in [0.29, 0.717) is 16.8 Å². The van der Waals surface area contributed by atoms with E-state index in [4.69, 9.17) is 0 Å². The topological polar surface area (TPSA) is 58.2 Å². The summed E-state index contributed by atoms with van der Waals surface area (Å²) >= 11 is 0. The van der Waals surface area contributed by atoms with Gasteiger partial charge in [0.05, 0.1) is 5.92 Å². The second-order valence-electron chi connectivity index (χ2n) is 5.69. The Bertz CT molecular complexity index is 773. The van der Waals surface area contributed by atoms with Crippen LogP contribution in [0.15, 0.2) is 42.5 Å². The molecule has 3 rings (SSSR count). The Kier molecular flexibility index (Phi) is 4.10. The lowest BCUT2D eigenvalue weighted by molar-refractivity contribution is -0.126. The van der Waals surface area contributed by atoms with Crippen molar-refractivity contribution in [1.82, 2.24) is 5.32 Å². The highest BCUT2D eigenvalue weighted by Gasteiger charge is 2.30. The Labute approximate surface area is 133 Å². The number of aryl methyl sites for hydroxylation is 1. The lowest BCUT2D eigenvalue weighted by Crippen LogP contribution is -2.34. The zero-order valence-corrected chi connectivity index (χ0v) is 12.7. The molecule has 1 atom stereocenters. The van der Waals surface area contributed by atoms with E-state index in [-0.39, 0.29) is 30.6 Å². The number of para-hydroxylation sites is 1. The standard InChI is InChI=1S/C18H17FN2O2/c1-11-6-7-12(8-15(11)19)10-20-18(23)14-9-17(22)21-16-5-3-2-4-13(14)16/h2-8,14H,9-10H2,1H3,(H,20,23)(H,21,22). The van der Waals surface area contributed by atoms with Crippen molar-refractivity contribution in [1.29, 1.82) is 0 Å². The van der Waals surface area contributed by atoms with Gasteiger partial charge >= 0.3 is 0 Å². The van der Waals surface area contributed by atoms with Gasteiger partial charge in [0, 0.05) is 18.7 Å². The average Bonchev–Trinajstić information content (AvgIpc) is 2.54. The van der Waals surface area contributed by atoms with Crippen LogP contribution < -0.4 is 10.6 Å². The SMILES string of the molecule is Cc1ccc(CNC(=O)C2CC(=O)Nc3ccccc32)cc1F. The number of nitrogens with one attached hydrogen (secondary N) is 2. The molecule has 0 spiro atoms. The van der Waals surface area contributed by atoms with Gasteiger partial charge in [-0.05, 0) is 35.7 Å². The van der Waals surface area contributed by atoms with Gasteiger partial charge in [-0.1, -0.05) is 30.3 Å². The molecule has 1 aliphatic heterocycles. The Morgan fingerprint density at radius 1 is 1.30 bits per heavy atom. The van der Waals surface area contributed by atoms with E-state index in [1.54, 1.807) is 25.1 Å². The van der Waals surface area contributed by atoms with Crippen molar-refractivity contribution in [2.45, 2.75) is 25.8 Å². The zero-order chi connectivity index (χ0) is 16.4. The van der Waals surface area contributed by atoms with Gasteiger partial charge in [0.1, 0.15) is 5.82 Å².